The van der Waals surface area contributed by atoms with Gasteiger partial charge in [-0.25, -0.2) is 0 Å². The number of aliphatic hydroxyl groups is 1. The van der Waals surface area contributed by atoms with Gasteiger partial charge in [0.05, 0.1) is 6.10 Å². The molecular weight excluding hydrogens is 186 g/mol. The van der Waals surface area contributed by atoms with Crippen LogP contribution >= 0.6 is 11.6 Å². The number of benzene rings is 1. The molecule has 2 nitrogen and oxygen atoms in total. The van der Waals surface area contributed by atoms with E-state index in [1.165, 1.54) is 0 Å². The van der Waals surface area contributed by atoms with Crippen molar-refractivity contribution in [3.8, 4) is 0 Å². The Hall–Kier alpha value is -0.570. The van der Waals surface area contributed by atoms with Crippen molar-refractivity contribution in [1.82, 2.24) is 0 Å². The molecule has 3 heteroatoms. The van der Waals surface area contributed by atoms with Crippen LogP contribution in [-0.2, 0) is 0 Å². The summed E-state index contributed by atoms with van der Waals surface area (Å²) < 4.78 is 0. The number of hydrogen-bond acceptors (Lipinski definition) is 2. The molecule has 0 saturated heterocycles. The van der Waals surface area contributed by atoms with Gasteiger partial charge in [-0.1, -0.05) is 29.8 Å². The molecule has 0 aliphatic carbocycles. The molecule has 0 radical (unpaired) electrons. The first-order valence-corrected chi connectivity index (χ1v) is 4.60. The lowest BCUT2D eigenvalue weighted by atomic mass is 10.0. The molecule has 2 atom stereocenters. The van der Waals surface area contributed by atoms with Crippen molar-refractivity contribution in [2.75, 3.05) is 0 Å². The summed E-state index contributed by atoms with van der Waals surface area (Å²) in [6.45, 7) is 3.66. The Kier molecular flexibility index (Phi) is 3.31. The van der Waals surface area contributed by atoms with Gasteiger partial charge in [0.2, 0.25) is 0 Å². The normalized spacial score (nSPS) is 15.5. The van der Waals surface area contributed by atoms with Crippen molar-refractivity contribution < 1.29 is 5.11 Å². The molecule has 1 aromatic rings. The molecule has 0 saturated carbocycles. The summed E-state index contributed by atoms with van der Waals surface area (Å²) in [4.78, 5) is 0. The van der Waals surface area contributed by atoms with E-state index in [-0.39, 0.29) is 6.04 Å². The highest BCUT2D eigenvalue weighted by Gasteiger charge is 2.15. The van der Waals surface area contributed by atoms with Gasteiger partial charge < -0.3 is 10.8 Å². The summed E-state index contributed by atoms with van der Waals surface area (Å²) in [6.07, 6.45) is -0.688. The molecule has 1 aromatic carbocycles. The summed E-state index contributed by atoms with van der Waals surface area (Å²) >= 11 is 6.02. The third-order valence-corrected chi connectivity index (χ3v) is 2.55. The van der Waals surface area contributed by atoms with E-state index in [4.69, 9.17) is 17.3 Å². The molecule has 0 fully saturated rings. The number of aryl methyl sites for hydroxylation is 1. The second-order valence-electron chi connectivity index (χ2n) is 3.28. The highest BCUT2D eigenvalue weighted by molar-refractivity contribution is 6.32. The van der Waals surface area contributed by atoms with Gasteiger partial charge in [0.25, 0.3) is 0 Å². The van der Waals surface area contributed by atoms with Crippen LogP contribution in [0.1, 0.15) is 24.2 Å². The number of aliphatic hydroxyl groups excluding tert-OH is 1. The van der Waals surface area contributed by atoms with E-state index in [1.54, 1.807) is 13.0 Å². The van der Waals surface area contributed by atoms with Crippen molar-refractivity contribution in [1.29, 1.82) is 0 Å². The van der Waals surface area contributed by atoms with Crippen LogP contribution in [0.3, 0.4) is 0 Å². The molecule has 0 aromatic heterocycles. The van der Waals surface area contributed by atoms with Crippen molar-refractivity contribution in [2.24, 2.45) is 5.73 Å². The molecule has 3 N–H and O–H groups in total. The quantitative estimate of drug-likeness (QED) is 0.766. The molecule has 0 aliphatic heterocycles. The number of halogens is 1. The Morgan fingerprint density at radius 1 is 1.46 bits per heavy atom. The second kappa shape index (κ2) is 4.09. The summed E-state index contributed by atoms with van der Waals surface area (Å²) in [5.41, 5.74) is 7.24. The summed E-state index contributed by atoms with van der Waals surface area (Å²) in [6, 6.07) is 5.25. The molecule has 0 aliphatic rings. The fourth-order valence-electron chi connectivity index (χ4n) is 1.18. The molecule has 0 heterocycles. The molecule has 72 valence electrons. The average molecular weight is 200 g/mol. The van der Waals surface area contributed by atoms with Crippen molar-refractivity contribution in [3.63, 3.8) is 0 Å². The standard InChI is InChI=1S/C10H14ClNO/c1-6-4-3-5-8(9(6)11)10(13)7(2)12/h3-5,7,10,13H,12H2,1-2H3. The number of nitrogens with two attached hydrogens (primary N) is 1. The Morgan fingerprint density at radius 2 is 2.08 bits per heavy atom. The number of hydrogen-bond donors (Lipinski definition) is 2. The first-order chi connectivity index (χ1) is 6.04. The SMILES string of the molecule is Cc1cccc(C(O)C(C)N)c1Cl. The zero-order valence-electron chi connectivity index (χ0n) is 7.79. The third-order valence-electron chi connectivity index (χ3n) is 2.04. The fourth-order valence-corrected chi connectivity index (χ4v) is 1.42. The number of rotatable bonds is 2. The molecule has 1 rings (SSSR count). The van der Waals surface area contributed by atoms with Crippen LogP contribution in [0, 0.1) is 6.92 Å². The van der Waals surface area contributed by atoms with Crippen LogP contribution < -0.4 is 5.73 Å². The zero-order chi connectivity index (χ0) is 10.0. The minimum atomic E-state index is -0.688. The maximum absolute atomic E-state index is 9.69. The fraction of sp³-hybridized carbons (Fsp3) is 0.400. The van der Waals surface area contributed by atoms with Gasteiger partial charge in [-0.3, -0.25) is 0 Å². The van der Waals surface area contributed by atoms with Crippen LogP contribution in [0.5, 0.6) is 0 Å². The van der Waals surface area contributed by atoms with Crippen molar-refractivity contribution in [2.45, 2.75) is 26.0 Å². The second-order valence-corrected chi connectivity index (χ2v) is 3.66. The van der Waals surface area contributed by atoms with Crippen LogP contribution in [0.25, 0.3) is 0 Å². The van der Waals surface area contributed by atoms with Gasteiger partial charge in [-0.2, -0.15) is 0 Å². The minimum absolute atomic E-state index is 0.306. The Labute approximate surface area is 83.3 Å². The Morgan fingerprint density at radius 3 is 2.62 bits per heavy atom. The third kappa shape index (κ3) is 2.21. The van der Waals surface area contributed by atoms with E-state index in [2.05, 4.69) is 0 Å². The Bertz CT molecular complexity index is 299. The molecular formula is C10H14ClNO. The van der Waals surface area contributed by atoms with E-state index >= 15 is 0 Å². The lowest BCUT2D eigenvalue weighted by Gasteiger charge is -2.16. The van der Waals surface area contributed by atoms with E-state index in [1.807, 2.05) is 19.1 Å². The topological polar surface area (TPSA) is 46.2 Å². The molecule has 2 unspecified atom stereocenters. The molecule has 0 amide bonds. The Balaban J connectivity index is 3.07. The van der Waals surface area contributed by atoms with Gasteiger partial charge in [-0.15, -0.1) is 0 Å². The minimum Gasteiger partial charge on any atom is -0.387 e. The lowest BCUT2D eigenvalue weighted by Crippen LogP contribution is -2.24. The molecule has 13 heavy (non-hydrogen) atoms. The smallest absolute Gasteiger partial charge is 0.0952 e. The van der Waals surface area contributed by atoms with Crippen LogP contribution in [0.15, 0.2) is 18.2 Å². The summed E-state index contributed by atoms with van der Waals surface area (Å²) in [5.74, 6) is 0. The van der Waals surface area contributed by atoms with Gasteiger partial charge in [0, 0.05) is 16.6 Å². The van der Waals surface area contributed by atoms with Crippen LogP contribution in [0.4, 0.5) is 0 Å². The van der Waals surface area contributed by atoms with Gasteiger partial charge in [0.15, 0.2) is 0 Å². The van der Waals surface area contributed by atoms with E-state index in [9.17, 15) is 5.11 Å². The van der Waals surface area contributed by atoms with E-state index in [0.29, 0.717) is 10.6 Å². The lowest BCUT2D eigenvalue weighted by molar-refractivity contribution is 0.153. The molecule has 0 bridgehead atoms. The van der Waals surface area contributed by atoms with Gasteiger partial charge >= 0.3 is 0 Å². The average Bonchev–Trinajstić information content (AvgIpc) is 2.08. The van der Waals surface area contributed by atoms with Crippen molar-refractivity contribution >= 4 is 11.6 Å². The highest BCUT2D eigenvalue weighted by Crippen LogP contribution is 2.27. The molecule has 0 spiro atoms. The summed E-state index contributed by atoms with van der Waals surface area (Å²) in [7, 11) is 0. The van der Waals surface area contributed by atoms with Crippen molar-refractivity contribution in [3.05, 3.63) is 34.3 Å². The van der Waals surface area contributed by atoms with Crippen LogP contribution in [0.2, 0.25) is 5.02 Å². The largest absolute Gasteiger partial charge is 0.387 e. The monoisotopic (exact) mass is 199 g/mol. The van der Waals surface area contributed by atoms with Crippen LogP contribution in [-0.4, -0.2) is 11.1 Å². The highest BCUT2D eigenvalue weighted by atomic mass is 35.5. The van der Waals surface area contributed by atoms with Gasteiger partial charge in [0.1, 0.15) is 0 Å². The van der Waals surface area contributed by atoms with Gasteiger partial charge in [-0.05, 0) is 19.4 Å². The zero-order valence-corrected chi connectivity index (χ0v) is 8.55. The first-order valence-electron chi connectivity index (χ1n) is 4.22. The maximum atomic E-state index is 9.69. The van der Waals surface area contributed by atoms with E-state index in [0.717, 1.165) is 5.56 Å². The first kappa shape index (κ1) is 10.5. The predicted molar refractivity (Wildman–Crippen MR) is 54.8 cm³/mol. The summed E-state index contributed by atoms with van der Waals surface area (Å²) in [5, 5.41) is 10.3. The maximum Gasteiger partial charge on any atom is 0.0952 e. The predicted octanol–water partition coefficient (Wildman–Crippen LogP) is 2.03. The van der Waals surface area contributed by atoms with E-state index < -0.39 is 6.10 Å².